The van der Waals surface area contributed by atoms with E-state index in [1.165, 1.54) is 0 Å². The van der Waals surface area contributed by atoms with Crippen LogP contribution >= 0.6 is 0 Å². The number of imidazole rings is 3. The van der Waals surface area contributed by atoms with E-state index < -0.39 is 0 Å². The molecule has 0 bridgehead atoms. The Balaban J connectivity index is 1.77. The van der Waals surface area contributed by atoms with E-state index >= 15 is 0 Å². The van der Waals surface area contributed by atoms with Crippen LogP contribution in [0.3, 0.4) is 0 Å². The highest BCUT2D eigenvalue weighted by Crippen LogP contribution is 2.10. The maximum Gasteiger partial charge on any atom is 0.122 e. The van der Waals surface area contributed by atoms with Gasteiger partial charge in [0.25, 0.3) is 0 Å². The Morgan fingerprint density at radius 1 is 0.905 bits per heavy atom. The van der Waals surface area contributed by atoms with Crippen molar-refractivity contribution in [2.24, 2.45) is 14.1 Å². The molecule has 110 valence electrons. The number of hydrogen-bond acceptors (Lipinski definition) is 4. The lowest BCUT2D eigenvalue weighted by atomic mass is 10.4. The largest absolute Gasteiger partial charge is 0.348 e. The average Bonchev–Trinajstić information content (AvgIpc) is 3.17. The van der Waals surface area contributed by atoms with Crippen LogP contribution in [-0.4, -0.2) is 34.0 Å². The molecule has 0 aromatic carbocycles. The van der Waals surface area contributed by atoms with Gasteiger partial charge >= 0.3 is 0 Å². The number of aryl methyl sites for hydroxylation is 2. The van der Waals surface area contributed by atoms with E-state index in [2.05, 4.69) is 24.8 Å². The summed E-state index contributed by atoms with van der Waals surface area (Å²) in [4.78, 5) is 18.5. The fourth-order valence-electron chi connectivity index (χ4n) is 2.26. The SMILES string of the molecule is Cn1ccnc1CN(Cc1ncc[nH]1)Cc1nccn1C. The molecule has 0 atom stereocenters. The van der Waals surface area contributed by atoms with Gasteiger partial charge in [0, 0.05) is 51.3 Å². The first kappa shape index (κ1) is 13.6. The van der Waals surface area contributed by atoms with Gasteiger partial charge in [0.1, 0.15) is 17.5 Å². The summed E-state index contributed by atoms with van der Waals surface area (Å²) in [5, 5.41) is 0. The second kappa shape index (κ2) is 5.92. The van der Waals surface area contributed by atoms with Crippen LogP contribution in [-0.2, 0) is 33.7 Å². The number of rotatable bonds is 6. The second-order valence-corrected chi connectivity index (χ2v) is 5.09. The molecule has 0 aliphatic rings. The molecule has 0 saturated heterocycles. The number of nitrogens with zero attached hydrogens (tertiary/aromatic N) is 6. The van der Waals surface area contributed by atoms with Crippen molar-refractivity contribution in [2.45, 2.75) is 19.6 Å². The molecule has 21 heavy (non-hydrogen) atoms. The molecule has 0 fully saturated rings. The van der Waals surface area contributed by atoms with Crippen molar-refractivity contribution >= 4 is 0 Å². The smallest absolute Gasteiger partial charge is 0.122 e. The molecule has 0 radical (unpaired) electrons. The molecular weight excluding hydrogens is 266 g/mol. The zero-order chi connectivity index (χ0) is 14.7. The molecule has 7 nitrogen and oxygen atoms in total. The third kappa shape index (κ3) is 3.19. The van der Waals surface area contributed by atoms with E-state index in [1.54, 1.807) is 6.20 Å². The van der Waals surface area contributed by atoms with E-state index in [9.17, 15) is 0 Å². The van der Waals surface area contributed by atoms with E-state index in [-0.39, 0.29) is 0 Å². The van der Waals surface area contributed by atoms with Gasteiger partial charge in [-0.1, -0.05) is 0 Å². The average molecular weight is 285 g/mol. The molecule has 0 spiro atoms. The Morgan fingerprint density at radius 2 is 1.52 bits per heavy atom. The summed E-state index contributed by atoms with van der Waals surface area (Å²) in [7, 11) is 4.02. The first-order valence-corrected chi connectivity index (χ1v) is 6.85. The normalized spacial score (nSPS) is 11.4. The molecule has 3 aromatic heterocycles. The molecule has 3 heterocycles. The van der Waals surface area contributed by atoms with Crippen molar-refractivity contribution in [1.82, 2.24) is 34.0 Å². The standard InChI is InChI=1S/C14H19N7/c1-19-7-5-17-13(19)10-21(9-12-15-3-4-16-12)11-14-18-6-8-20(14)2/h3-8H,9-11H2,1-2H3,(H,15,16). The summed E-state index contributed by atoms with van der Waals surface area (Å²) in [6.45, 7) is 2.22. The van der Waals surface area contributed by atoms with Gasteiger partial charge in [-0.05, 0) is 0 Å². The lowest BCUT2D eigenvalue weighted by Crippen LogP contribution is -2.26. The zero-order valence-corrected chi connectivity index (χ0v) is 12.3. The van der Waals surface area contributed by atoms with Gasteiger partial charge in [-0.25, -0.2) is 15.0 Å². The topological polar surface area (TPSA) is 67.6 Å². The maximum atomic E-state index is 4.40. The van der Waals surface area contributed by atoms with Crippen LogP contribution in [0.15, 0.2) is 37.2 Å². The molecule has 7 heteroatoms. The van der Waals surface area contributed by atoms with Crippen molar-refractivity contribution in [3.63, 3.8) is 0 Å². The van der Waals surface area contributed by atoms with Crippen molar-refractivity contribution in [1.29, 1.82) is 0 Å². The highest BCUT2D eigenvalue weighted by molar-refractivity contribution is 4.96. The van der Waals surface area contributed by atoms with E-state index in [0.29, 0.717) is 0 Å². The van der Waals surface area contributed by atoms with Crippen LogP contribution in [0.4, 0.5) is 0 Å². The van der Waals surface area contributed by atoms with Gasteiger partial charge in [-0.2, -0.15) is 0 Å². The van der Waals surface area contributed by atoms with Crippen molar-refractivity contribution < 1.29 is 0 Å². The maximum absolute atomic E-state index is 4.40. The first-order valence-electron chi connectivity index (χ1n) is 6.85. The molecule has 3 rings (SSSR count). The van der Waals surface area contributed by atoms with E-state index in [0.717, 1.165) is 37.1 Å². The molecule has 0 unspecified atom stereocenters. The first-order chi connectivity index (χ1) is 10.2. The minimum absolute atomic E-state index is 0.729. The summed E-state index contributed by atoms with van der Waals surface area (Å²) in [5.74, 6) is 2.99. The van der Waals surface area contributed by atoms with Gasteiger partial charge in [0.2, 0.25) is 0 Å². The zero-order valence-electron chi connectivity index (χ0n) is 12.3. The number of H-pyrrole nitrogens is 1. The minimum atomic E-state index is 0.729. The van der Waals surface area contributed by atoms with Crippen molar-refractivity contribution in [2.75, 3.05) is 0 Å². The molecule has 1 N–H and O–H groups in total. The Labute approximate surface area is 123 Å². The van der Waals surface area contributed by atoms with Crippen LogP contribution in [0.25, 0.3) is 0 Å². The Hall–Kier alpha value is -2.41. The van der Waals surface area contributed by atoms with Gasteiger partial charge in [0.15, 0.2) is 0 Å². The van der Waals surface area contributed by atoms with Crippen LogP contribution in [0.2, 0.25) is 0 Å². The Morgan fingerprint density at radius 3 is 1.95 bits per heavy atom. The predicted octanol–water partition coefficient (Wildman–Crippen LogP) is 1.08. The fraction of sp³-hybridized carbons (Fsp3) is 0.357. The molecule has 0 aliphatic heterocycles. The molecule has 0 amide bonds. The third-order valence-electron chi connectivity index (χ3n) is 3.50. The molecular formula is C14H19N7. The van der Waals surface area contributed by atoms with Gasteiger partial charge in [-0.15, -0.1) is 0 Å². The molecule has 3 aromatic rings. The van der Waals surface area contributed by atoms with Gasteiger partial charge in [-0.3, -0.25) is 4.90 Å². The van der Waals surface area contributed by atoms with Crippen LogP contribution in [0.5, 0.6) is 0 Å². The Bertz CT molecular complexity index is 638. The van der Waals surface area contributed by atoms with Crippen molar-refractivity contribution in [3.8, 4) is 0 Å². The lowest BCUT2D eigenvalue weighted by molar-refractivity contribution is 0.225. The minimum Gasteiger partial charge on any atom is -0.348 e. The highest BCUT2D eigenvalue weighted by atomic mass is 15.2. The molecule has 0 aliphatic carbocycles. The number of aromatic amines is 1. The monoisotopic (exact) mass is 285 g/mol. The number of hydrogen-bond donors (Lipinski definition) is 1. The predicted molar refractivity (Wildman–Crippen MR) is 78.0 cm³/mol. The lowest BCUT2D eigenvalue weighted by Gasteiger charge is -2.20. The number of nitrogens with one attached hydrogen (secondary N) is 1. The van der Waals surface area contributed by atoms with Gasteiger partial charge in [0.05, 0.1) is 19.6 Å². The summed E-state index contributed by atoms with van der Waals surface area (Å²) >= 11 is 0. The third-order valence-corrected chi connectivity index (χ3v) is 3.50. The Kier molecular flexibility index (Phi) is 3.83. The summed E-state index contributed by atoms with van der Waals surface area (Å²) < 4.78 is 4.07. The van der Waals surface area contributed by atoms with Crippen LogP contribution in [0, 0.1) is 0 Å². The highest BCUT2D eigenvalue weighted by Gasteiger charge is 2.14. The summed E-state index contributed by atoms with van der Waals surface area (Å²) in [5.41, 5.74) is 0. The number of aromatic nitrogens is 6. The summed E-state index contributed by atoms with van der Waals surface area (Å²) in [6.07, 6.45) is 11.2. The van der Waals surface area contributed by atoms with Gasteiger partial charge < -0.3 is 14.1 Å². The second-order valence-electron chi connectivity index (χ2n) is 5.09. The fourth-order valence-corrected chi connectivity index (χ4v) is 2.26. The van der Waals surface area contributed by atoms with E-state index in [1.807, 2.05) is 54.2 Å². The van der Waals surface area contributed by atoms with E-state index in [4.69, 9.17) is 0 Å². The molecule has 0 saturated carbocycles. The quantitative estimate of drug-likeness (QED) is 0.736. The van der Waals surface area contributed by atoms with Crippen molar-refractivity contribution in [3.05, 3.63) is 54.7 Å². The van der Waals surface area contributed by atoms with Crippen LogP contribution < -0.4 is 0 Å². The summed E-state index contributed by atoms with van der Waals surface area (Å²) in [6, 6.07) is 0. The van der Waals surface area contributed by atoms with Crippen LogP contribution in [0.1, 0.15) is 17.5 Å².